The zero-order chi connectivity index (χ0) is 10.7. The van der Waals surface area contributed by atoms with Crippen molar-refractivity contribution >= 4 is 17.5 Å². The molecule has 1 fully saturated rings. The average Bonchev–Trinajstić information content (AvgIpc) is 2.56. The smallest absolute Gasteiger partial charge is 0.224 e. The normalized spacial score (nSPS) is 21.0. The second kappa shape index (κ2) is 4.57. The summed E-state index contributed by atoms with van der Waals surface area (Å²) in [5.74, 6) is 0.145. The number of carbonyl (C=O) groups excluding carboxylic acids is 1. The van der Waals surface area contributed by atoms with E-state index in [1.165, 1.54) is 6.33 Å². The third-order valence-corrected chi connectivity index (χ3v) is 2.74. The highest BCUT2D eigenvalue weighted by Gasteiger charge is 2.27. The molecule has 0 aliphatic carbocycles. The fourth-order valence-corrected chi connectivity index (χ4v) is 1.96. The van der Waals surface area contributed by atoms with Gasteiger partial charge in [0.2, 0.25) is 5.91 Å². The Hall–Kier alpha value is -1.16. The van der Waals surface area contributed by atoms with E-state index in [2.05, 4.69) is 9.97 Å². The number of hydrogen-bond acceptors (Lipinski definition) is 3. The number of aromatic nitrogens is 2. The van der Waals surface area contributed by atoms with Gasteiger partial charge in [-0.05, 0) is 12.0 Å². The van der Waals surface area contributed by atoms with Crippen LogP contribution < -0.4 is 0 Å². The SMILES string of the molecule is O=C1CC(Cl)CN1CCc1cncnc1. The van der Waals surface area contributed by atoms with Crippen LogP contribution in [-0.4, -0.2) is 39.2 Å². The molecule has 2 rings (SSSR count). The Bertz CT molecular complexity index is 344. The minimum absolute atomic E-state index is 0.0236. The van der Waals surface area contributed by atoms with E-state index >= 15 is 0 Å². The molecule has 4 nitrogen and oxygen atoms in total. The summed E-state index contributed by atoms with van der Waals surface area (Å²) >= 11 is 5.90. The fraction of sp³-hybridized carbons (Fsp3) is 0.500. The molecule has 0 bridgehead atoms. The van der Waals surface area contributed by atoms with Gasteiger partial charge in [-0.15, -0.1) is 11.6 Å². The van der Waals surface area contributed by atoms with Crippen molar-refractivity contribution < 1.29 is 4.79 Å². The Morgan fingerprint density at radius 2 is 2.20 bits per heavy atom. The van der Waals surface area contributed by atoms with Gasteiger partial charge in [0.1, 0.15) is 6.33 Å². The molecule has 80 valence electrons. The second-order valence-electron chi connectivity index (χ2n) is 3.64. The lowest BCUT2D eigenvalue weighted by Crippen LogP contribution is -2.27. The standard InChI is InChI=1S/C10H12ClN3O/c11-9-3-10(15)14(6-9)2-1-8-4-12-7-13-5-8/h4-5,7,9H,1-3,6H2. The molecule has 0 saturated carbocycles. The van der Waals surface area contributed by atoms with Gasteiger partial charge in [0.05, 0.1) is 5.38 Å². The number of alkyl halides is 1. The summed E-state index contributed by atoms with van der Waals surface area (Å²) in [7, 11) is 0. The van der Waals surface area contributed by atoms with Gasteiger partial charge in [-0.2, -0.15) is 0 Å². The molecule has 1 aromatic heterocycles. The molecule has 0 N–H and O–H groups in total. The molecule has 0 radical (unpaired) electrons. The van der Waals surface area contributed by atoms with Gasteiger partial charge in [0.25, 0.3) is 0 Å². The summed E-state index contributed by atoms with van der Waals surface area (Å²) in [4.78, 5) is 21.1. The van der Waals surface area contributed by atoms with E-state index in [1.807, 2.05) is 0 Å². The first-order valence-electron chi connectivity index (χ1n) is 4.91. The monoisotopic (exact) mass is 225 g/mol. The van der Waals surface area contributed by atoms with Crippen LogP contribution in [0.25, 0.3) is 0 Å². The van der Waals surface area contributed by atoms with Crippen molar-refractivity contribution in [1.82, 2.24) is 14.9 Å². The largest absolute Gasteiger partial charge is 0.341 e. The van der Waals surface area contributed by atoms with Crippen LogP contribution in [0.15, 0.2) is 18.7 Å². The molecule has 1 unspecified atom stereocenters. The molecule has 1 aromatic rings. The lowest BCUT2D eigenvalue weighted by Gasteiger charge is -2.14. The Morgan fingerprint density at radius 1 is 1.47 bits per heavy atom. The van der Waals surface area contributed by atoms with E-state index in [-0.39, 0.29) is 11.3 Å². The van der Waals surface area contributed by atoms with E-state index in [4.69, 9.17) is 11.6 Å². The molecule has 0 aromatic carbocycles. The second-order valence-corrected chi connectivity index (χ2v) is 4.26. The topological polar surface area (TPSA) is 46.1 Å². The van der Waals surface area contributed by atoms with Gasteiger partial charge in [-0.3, -0.25) is 4.79 Å². The van der Waals surface area contributed by atoms with Crippen LogP contribution in [0.3, 0.4) is 0 Å². The molecule has 1 amide bonds. The van der Waals surface area contributed by atoms with Crippen LogP contribution in [0.1, 0.15) is 12.0 Å². The lowest BCUT2D eigenvalue weighted by molar-refractivity contribution is -0.127. The molecule has 1 atom stereocenters. The Kier molecular flexibility index (Phi) is 3.16. The molecular weight excluding hydrogens is 214 g/mol. The summed E-state index contributed by atoms with van der Waals surface area (Å²) in [6, 6.07) is 0. The van der Waals surface area contributed by atoms with Crippen LogP contribution in [0, 0.1) is 0 Å². The molecule has 1 aliphatic heterocycles. The van der Waals surface area contributed by atoms with Crippen molar-refractivity contribution in [1.29, 1.82) is 0 Å². The maximum absolute atomic E-state index is 11.4. The predicted octanol–water partition coefficient (Wildman–Crippen LogP) is 0.859. The number of hydrogen-bond donors (Lipinski definition) is 0. The number of halogens is 1. The molecule has 5 heteroatoms. The summed E-state index contributed by atoms with van der Waals surface area (Å²) in [6.45, 7) is 1.36. The molecule has 0 spiro atoms. The van der Waals surface area contributed by atoms with E-state index in [1.54, 1.807) is 17.3 Å². The van der Waals surface area contributed by atoms with Gasteiger partial charge in [0, 0.05) is 31.9 Å². The van der Waals surface area contributed by atoms with Gasteiger partial charge in [-0.25, -0.2) is 9.97 Å². The van der Waals surface area contributed by atoms with Crippen molar-refractivity contribution in [3.05, 3.63) is 24.3 Å². The minimum Gasteiger partial charge on any atom is -0.341 e. The van der Waals surface area contributed by atoms with Crippen molar-refractivity contribution in [2.45, 2.75) is 18.2 Å². The molecule has 2 heterocycles. The first-order valence-corrected chi connectivity index (χ1v) is 5.35. The zero-order valence-electron chi connectivity index (χ0n) is 8.27. The number of carbonyl (C=O) groups is 1. The number of likely N-dealkylation sites (tertiary alicyclic amines) is 1. The highest BCUT2D eigenvalue weighted by Crippen LogP contribution is 2.16. The van der Waals surface area contributed by atoms with Gasteiger partial charge in [0.15, 0.2) is 0 Å². The number of amides is 1. The van der Waals surface area contributed by atoms with Gasteiger partial charge < -0.3 is 4.90 Å². The summed E-state index contributed by atoms with van der Waals surface area (Å²) in [6.07, 6.45) is 6.29. The fourth-order valence-electron chi connectivity index (χ4n) is 1.66. The van der Waals surface area contributed by atoms with Crippen LogP contribution >= 0.6 is 11.6 Å². The van der Waals surface area contributed by atoms with Crippen molar-refractivity contribution in [3.63, 3.8) is 0 Å². The van der Waals surface area contributed by atoms with E-state index in [9.17, 15) is 4.79 Å². The average molecular weight is 226 g/mol. The van der Waals surface area contributed by atoms with E-state index in [0.717, 1.165) is 12.0 Å². The van der Waals surface area contributed by atoms with Gasteiger partial charge in [-0.1, -0.05) is 0 Å². The quantitative estimate of drug-likeness (QED) is 0.717. The number of nitrogens with zero attached hydrogens (tertiary/aromatic N) is 3. The number of rotatable bonds is 3. The molecular formula is C10H12ClN3O. The molecule has 15 heavy (non-hydrogen) atoms. The van der Waals surface area contributed by atoms with Crippen LogP contribution in [0.2, 0.25) is 0 Å². The van der Waals surface area contributed by atoms with Crippen molar-refractivity contribution in [3.8, 4) is 0 Å². The summed E-state index contributed by atoms with van der Waals surface area (Å²) < 4.78 is 0. The zero-order valence-corrected chi connectivity index (χ0v) is 9.02. The first kappa shape index (κ1) is 10.4. The van der Waals surface area contributed by atoms with Crippen LogP contribution in [0.4, 0.5) is 0 Å². The molecule has 1 aliphatic rings. The Labute approximate surface area is 93.3 Å². The molecule has 1 saturated heterocycles. The lowest BCUT2D eigenvalue weighted by atomic mass is 10.2. The van der Waals surface area contributed by atoms with Crippen molar-refractivity contribution in [2.24, 2.45) is 0 Å². The Morgan fingerprint density at radius 3 is 2.80 bits per heavy atom. The Balaban J connectivity index is 1.86. The van der Waals surface area contributed by atoms with Crippen molar-refractivity contribution in [2.75, 3.05) is 13.1 Å². The van der Waals surface area contributed by atoms with Gasteiger partial charge >= 0.3 is 0 Å². The van der Waals surface area contributed by atoms with E-state index < -0.39 is 0 Å². The highest BCUT2D eigenvalue weighted by atomic mass is 35.5. The third-order valence-electron chi connectivity index (χ3n) is 2.45. The highest BCUT2D eigenvalue weighted by molar-refractivity contribution is 6.22. The predicted molar refractivity (Wildman–Crippen MR) is 56.6 cm³/mol. The van der Waals surface area contributed by atoms with Crippen LogP contribution in [-0.2, 0) is 11.2 Å². The maximum Gasteiger partial charge on any atom is 0.224 e. The van der Waals surface area contributed by atoms with E-state index in [0.29, 0.717) is 19.5 Å². The maximum atomic E-state index is 11.4. The first-order chi connectivity index (χ1) is 7.25. The minimum atomic E-state index is -0.0236. The van der Waals surface area contributed by atoms with Crippen LogP contribution in [0.5, 0.6) is 0 Å². The summed E-state index contributed by atoms with van der Waals surface area (Å²) in [5.41, 5.74) is 1.04. The third kappa shape index (κ3) is 2.65. The summed E-state index contributed by atoms with van der Waals surface area (Å²) in [5, 5.41) is -0.0236.